The molecule has 9 heteroatoms. The minimum atomic E-state index is -0.419. The summed E-state index contributed by atoms with van der Waals surface area (Å²) in [5, 5.41) is 5.50. The van der Waals surface area contributed by atoms with Gasteiger partial charge in [0.1, 0.15) is 12.4 Å². The zero-order valence-corrected chi connectivity index (χ0v) is 19.2. The molecule has 3 aromatic carbocycles. The molecule has 0 saturated heterocycles. The van der Waals surface area contributed by atoms with E-state index in [0.717, 1.165) is 5.56 Å². The second-order valence-corrected chi connectivity index (χ2v) is 7.77. The van der Waals surface area contributed by atoms with Gasteiger partial charge in [0.2, 0.25) is 0 Å². The maximum atomic E-state index is 11.9. The van der Waals surface area contributed by atoms with E-state index >= 15 is 0 Å². The van der Waals surface area contributed by atoms with Crippen molar-refractivity contribution in [3.8, 4) is 17.2 Å². The molecule has 0 aromatic heterocycles. The van der Waals surface area contributed by atoms with E-state index in [4.69, 9.17) is 49.0 Å². The number of nitrogens with zero attached hydrogens (tertiary/aromatic N) is 1. The zero-order valence-electron chi connectivity index (χ0n) is 17.0. The average Bonchev–Trinajstić information content (AvgIpc) is 2.79. The summed E-state index contributed by atoms with van der Waals surface area (Å²) in [6.45, 7) is 0.102. The number of benzene rings is 3. The van der Waals surface area contributed by atoms with Crippen LogP contribution in [0.15, 0.2) is 65.8 Å². The molecule has 1 N–H and O–H groups in total. The first kappa shape index (κ1) is 23.7. The highest BCUT2D eigenvalue weighted by molar-refractivity contribution is 6.32. The zero-order chi connectivity index (χ0) is 22.9. The van der Waals surface area contributed by atoms with Crippen molar-refractivity contribution in [1.29, 1.82) is 0 Å². The van der Waals surface area contributed by atoms with Gasteiger partial charge in [-0.1, -0.05) is 46.9 Å². The largest absolute Gasteiger partial charge is 0.493 e. The lowest BCUT2D eigenvalue weighted by molar-refractivity contribution is -0.123. The van der Waals surface area contributed by atoms with Gasteiger partial charge >= 0.3 is 0 Å². The normalized spacial score (nSPS) is 10.8. The fourth-order valence-electron chi connectivity index (χ4n) is 2.58. The lowest BCUT2D eigenvalue weighted by Gasteiger charge is -2.13. The second kappa shape index (κ2) is 11.6. The van der Waals surface area contributed by atoms with Gasteiger partial charge in [0.25, 0.3) is 5.91 Å². The quantitative estimate of drug-likeness (QED) is 0.304. The highest BCUT2D eigenvalue weighted by Gasteiger charge is 2.12. The van der Waals surface area contributed by atoms with Gasteiger partial charge in [-0.2, -0.15) is 5.10 Å². The average molecular weight is 494 g/mol. The Bertz CT molecular complexity index is 1090. The van der Waals surface area contributed by atoms with Crippen LogP contribution in [0.5, 0.6) is 17.2 Å². The molecule has 0 unspecified atom stereocenters. The van der Waals surface area contributed by atoms with Gasteiger partial charge in [0.05, 0.1) is 18.3 Å². The van der Waals surface area contributed by atoms with E-state index in [1.54, 1.807) is 48.5 Å². The van der Waals surface area contributed by atoms with Crippen LogP contribution in [0.4, 0.5) is 0 Å². The number of hydrogen-bond donors (Lipinski definition) is 1. The molecule has 166 valence electrons. The molecule has 0 aliphatic rings. The van der Waals surface area contributed by atoms with Gasteiger partial charge in [0.15, 0.2) is 18.1 Å². The highest BCUT2D eigenvalue weighted by atomic mass is 35.5. The topological polar surface area (TPSA) is 69.2 Å². The number of hydrazone groups is 1. The molecular weight excluding hydrogens is 475 g/mol. The summed E-state index contributed by atoms with van der Waals surface area (Å²) < 4.78 is 16.6. The SMILES string of the molecule is COc1cc(/C=N/NC(=O)COc2ccc(Cl)cc2)cc(Cl)c1OCc1ccc(Cl)cc1. The number of ether oxygens (including phenoxy) is 3. The molecule has 0 aliphatic carbocycles. The van der Waals surface area contributed by atoms with Crippen LogP contribution in [0.1, 0.15) is 11.1 Å². The molecule has 0 fully saturated rings. The lowest BCUT2D eigenvalue weighted by atomic mass is 10.2. The Morgan fingerprint density at radius 3 is 2.28 bits per heavy atom. The van der Waals surface area contributed by atoms with Crippen molar-refractivity contribution in [2.75, 3.05) is 13.7 Å². The number of carbonyl (C=O) groups excluding carboxylic acids is 1. The lowest BCUT2D eigenvalue weighted by Crippen LogP contribution is -2.24. The summed E-state index contributed by atoms with van der Waals surface area (Å²) in [5.74, 6) is 0.948. The second-order valence-electron chi connectivity index (χ2n) is 6.49. The molecule has 0 heterocycles. The Balaban J connectivity index is 1.57. The van der Waals surface area contributed by atoms with Crippen LogP contribution < -0.4 is 19.6 Å². The maximum Gasteiger partial charge on any atom is 0.277 e. The summed E-state index contributed by atoms with van der Waals surface area (Å²) >= 11 is 18.1. The molecule has 32 heavy (non-hydrogen) atoms. The van der Waals surface area contributed by atoms with Crippen LogP contribution in [-0.4, -0.2) is 25.8 Å². The molecular formula is C23H19Cl3N2O4. The fourth-order valence-corrected chi connectivity index (χ4v) is 3.11. The fraction of sp³-hybridized carbons (Fsp3) is 0.130. The Morgan fingerprint density at radius 2 is 1.62 bits per heavy atom. The molecule has 0 saturated carbocycles. The highest BCUT2D eigenvalue weighted by Crippen LogP contribution is 2.36. The maximum absolute atomic E-state index is 11.9. The van der Waals surface area contributed by atoms with E-state index in [0.29, 0.717) is 44.5 Å². The van der Waals surface area contributed by atoms with Gasteiger partial charge in [-0.3, -0.25) is 4.79 Å². The summed E-state index contributed by atoms with van der Waals surface area (Å²) in [6, 6.07) is 17.3. The van der Waals surface area contributed by atoms with Crippen molar-refractivity contribution in [2.45, 2.75) is 6.61 Å². The van der Waals surface area contributed by atoms with Gasteiger partial charge < -0.3 is 14.2 Å². The van der Waals surface area contributed by atoms with Crippen molar-refractivity contribution in [3.05, 3.63) is 86.9 Å². The number of hydrogen-bond acceptors (Lipinski definition) is 5. The standard InChI is InChI=1S/C23H19Cl3N2O4/c1-30-21-11-16(10-20(26)23(21)32-13-15-2-4-17(24)5-3-15)12-27-28-22(29)14-31-19-8-6-18(25)7-9-19/h2-12H,13-14H2,1H3,(H,28,29)/b27-12+. The molecule has 0 radical (unpaired) electrons. The van der Waals surface area contributed by atoms with Crippen LogP contribution >= 0.6 is 34.8 Å². The minimum Gasteiger partial charge on any atom is -0.493 e. The van der Waals surface area contributed by atoms with E-state index in [1.807, 2.05) is 12.1 Å². The number of amides is 1. The predicted molar refractivity (Wildman–Crippen MR) is 126 cm³/mol. The van der Waals surface area contributed by atoms with Crippen molar-refractivity contribution >= 4 is 46.9 Å². The van der Waals surface area contributed by atoms with Gasteiger partial charge in [-0.25, -0.2) is 5.43 Å². The number of methoxy groups -OCH3 is 1. The van der Waals surface area contributed by atoms with Crippen molar-refractivity contribution < 1.29 is 19.0 Å². The van der Waals surface area contributed by atoms with Crippen LogP contribution in [-0.2, 0) is 11.4 Å². The van der Waals surface area contributed by atoms with E-state index in [2.05, 4.69) is 10.5 Å². The molecule has 0 aliphatic heterocycles. The number of nitrogens with one attached hydrogen (secondary N) is 1. The minimum absolute atomic E-state index is 0.194. The van der Waals surface area contributed by atoms with Crippen LogP contribution in [0.25, 0.3) is 0 Å². The van der Waals surface area contributed by atoms with Crippen molar-refractivity contribution in [2.24, 2.45) is 5.10 Å². The van der Waals surface area contributed by atoms with E-state index < -0.39 is 5.91 Å². The monoisotopic (exact) mass is 492 g/mol. The first-order valence-electron chi connectivity index (χ1n) is 9.39. The number of halogens is 3. The van der Waals surface area contributed by atoms with E-state index in [9.17, 15) is 4.79 Å². The van der Waals surface area contributed by atoms with Crippen molar-refractivity contribution in [3.63, 3.8) is 0 Å². The summed E-state index contributed by atoms with van der Waals surface area (Å²) in [6.07, 6.45) is 1.44. The molecule has 3 aromatic rings. The third-order valence-electron chi connectivity index (χ3n) is 4.13. The van der Waals surface area contributed by atoms with Crippen LogP contribution in [0.2, 0.25) is 15.1 Å². The van der Waals surface area contributed by atoms with Crippen molar-refractivity contribution in [1.82, 2.24) is 5.43 Å². The summed E-state index contributed by atoms with van der Waals surface area (Å²) in [4.78, 5) is 11.9. The third kappa shape index (κ3) is 7.05. The first-order chi connectivity index (χ1) is 15.4. The Morgan fingerprint density at radius 1 is 0.969 bits per heavy atom. The molecule has 0 atom stereocenters. The van der Waals surface area contributed by atoms with Gasteiger partial charge in [-0.15, -0.1) is 0 Å². The Kier molecular flexibility index (Phi) is 8.62. The molecule has 6 nitrogen and oxygen atoms in total. The predicted octanol–water partition coefficient (Wildman–Crippen LogP) is 5.76. The van der Waals surface area contributed by atoms with Crippen LogP contribution in [0.3, 0.4) is 0 Å². The number of rotatable bonds is 9. The number of carbonyl (C=O) groups is 1. The Labute approximate surface area is 200 Å². The molecule has 1 amide bonds. The van der Waals surface area contributed by atoms with Gasteiger partial charge in [0, 0.05) is 10.0 Å². The van der Waals surface area contributed by atoms with Gasteiger partial charge in [-0.05, 0) is 59.7 Å². The van der Waals surface area contributed by atoms with E-state index in [1.165, 1.54) is 13.3 Å². The third-order valence-corrected chi connectivity index (χ3v) is 4.92. The molecule has 3 rings (SSSR count). The molecule has 0 bridgehead atoms. The first-order valence-corrected chi connectivity index (χ1v) is 10.5. The molecule has 0 spiro atoms. The smallest absolute Gasteiger partial charge is 0.277 e. The summed E-state index contributed by atoms with van der Waals surface area (Å²) in [7, 11) is 1.51. The Hall–Kier alpha value is -2.93. The van der Waals surface area contributed by atoms with Crippen LogP contribution in [0, 0.1) is 0 Å². The van der Waals surface area contributed by atoms with E-state index in [-0.39, 0.29) is 6.61 Å². The summed E-state index contributed by atoms with van der Waals surface area (Å²) in [5.41, 5.74) is 3.94.